The average Bonchev–Trinajstić information content (AvgIpc) is 2.80. The molecule has 0 saturated heterocycles. The van der Waals surface area contributed by atoms with Crippen LogP contribution < -0.4 is 5.73 Å². The summed E-state index contributed by atoms with van der Waals surface area (Å²) in [5, 5.41) is 0. The molecule has 0 atom stereocenters. The van der Waals surface area contributed by atoms with Gasteiger partial charge >= 0.3 is 0 Å². The number of carbonyl (C=O) groups is 1. The number of rotatable bonds is 26. The topological polar surface area (TPSA) is 102 Å². The predicted molar refractivity (Wildman–Crippen MR) is 129 cm³/mol. The van der Waals surface area contributed by atoms with Gasteiger partial charge in [0.2, 0.25) is 0 Å². The van der Waals surface area contributed by atoms with Crippen molar-refractivity contribution in [3.05, 3.63) is 11.9 Å². The fourth-order valence-corrected chi connectivity index (χ4v) is 2.65. The van der Waals surface area contributed by atoms with E-state index in [1.165, 1.54) is 19.3 Å². The van der Waals surface area contributed by atoms with Crippen LogP contribution in [0.1, 0.15) is 46.0 Å². The predicted octanol–water partition coefficient (Wildman–Crippen LogP) is 2.38. The molecule has 0 spiro atoms. The number of hydrogen-bond acceptors (Lipinski definition) is 9. The maximum atomic E-state index is 11.1. The Morgan fingerprint density at radius 1 is 0.727 bits per heavy atom. The minimum absolute atomic E-state index is 0.220. The van der Waals surface area contributed by atoms with Crippen LogP contribution in [-0.4, -0.2) is 104 Å². The number of ether oxygens (including phenoxy) is 6. The van der Waals surface area contributed by atoms with E-state index in [1.54, 1.807) is 0 Å². The van der Waals surface area contributed by atoms with Gasteiger partial charge in [0.05, 0.1) is 85.0 Å². The van der Waals surface area contributed by atoms with Gasteiger partial charge in [0, 0.05) is 32.6 Å². The van der Waals surface area contributed by atoms with Gasteiger partial charge in [-0.25, -0.2) is 0 Å². The molecule has 0 aromatic carbocycles. The standard InChI is InChI=1S/C24H48N2O7/c1-4-6-7-9-26(3)21-23(25)22-33-20-19-32-18-17-31-16-15-30-14-13-29-12-11-28-10-8-24(27)5-2/h21H,4-20,22,25H2,1-3H3/b23-21-. The Morgan fingerprint density at radius 3 is 1.64 bits per heavy atom. The van der Waals surface area contributed by atoms with Crippen LogP contribution in [-0.2, 0) is 33.2 Å². The highest BCUT2D eigenvalue weighted by Gasteiger charge is 1.99. The minimum Gasteiger partial charge on any atom is -0.399 e. The molecule has 0 unspecified atom stereocenters. The second-order valence-corrected chi connectivity index (χ2v) is 7.65. The average molecular weight is 477 g/mol. The summed E-state index contributed by atoms with van der Waals surface area (Å²) in [5.74, 6) is 0.220. The van der Waals surface area contributed by atoms with E-state index >= 15 is 0 Å². The van der Waals surface area contributed by atoms with Crippen molar-refractivity contribution in [3.8, 4) is 0 Å². The van der Waals surface area contributed by atoms with E-state index in [2.05, 4.69) is 11.8 Å². The summed E-state index contributed by atoms with van der Waals surface area (Å²) in [4.78, 5) is 13.2. The fraction of sp³-hybridized carbons (Fsp3) is 0.875. The molecule has 0 rings (SSSR count). The Kier molecular flexibility index (Phi) is 24.4. The normalized spacial score (nSPS) is 11.8. The molecule has 0 heterocycles. The Hall–Kier alpha value is -1.23. The minimum atomic E-state index is 0.220. The summed E-state index contributed by atoms with van der Waals surface area (Å²) in [6, 6.07) is 0. The summed E-state index contributed by atoms with van der Waals surface area (Å²) < 4.78 is 32.6. The Labute approximate surface area is 200 Å². The van der Waals surface area contributed by atoms with E-state index in [0.29, 0.717) is 92.1 Å². The molecule has 0 amide bonds. The third kappa shape index (κ3) is 25.2. The molecule has 9 nitrogen and oxygen atoms in total. The van der Waals surface area contributed by atoms with Crippen molar-refractivity contribution in [2.24, 2.45) is 5.73 Å². The van der Waals surface area contributed by atoms with Crippen LogP contribution >= 0.6 is 0 Å². The van der Waals surface area contributed by atoms with Gasteiger partial charge in [0.15, 0.2) is 0 Å². The molecule has 0 bridgehead atoms. The number of unbranched alkanes of at least 4 members (excludes halogenated alkanes) is 2. The third-order valence-corrected chi connectivity index (χ3v) is 4.55. The van der Waals surface area contributed by atoms with Crippen molar-refractivity contribution in [2.45, 2.75) is 46.0 Å². The van der Waals surface area contributed by atoms with Crippen LogP contribution in [0.5, 0.6) is 0 Å². The molecule has 0 aromatic heterocycles. The lowest BCUT2D eigenvalue weighted by molar-refractivity contribution is -0.120. The summed E-state index contributed by atoms with van der Waals surface area (Å²) >= 11 is 0. The number of Topliss-reactive ketones (excluding diaryl/α,β-unsaturated/α-hetero) is 1. The molecule has 0 aliphatic rings. The van der Waals surface area contributed by atoms with Crippen molar-refractivity contribution in [2.75, 3.05) is 92.9 Å². The van der Waals surface area contributed by atoms with E-state index < -0.39 is 0 Å². The van der Waals surface area contributed by atoms with Crippen LogP contribution in [0.2, 0.25) is 0 Å². The monoisotopic (exact) mass is 476 g/mol. The van der Waals surface area contributed by atoms with Gasteiger partial charge in [-0.3, -0.25) is 4.79 Å². The quantitative estimate of drug-likeness (QED) is 0.189. The molecule has 2 N–H and O–H groups in total. The van der Waals surface area contributed by atoms with E-state index in [-0.39, 0.29) is 5.78 Å². The Morgan fingerprint density at radius 2 is 1.18 bits per heavy atom. The second-order valence-electron chi connectivity index (χ2n) is 7.65. The first-order valence-corrected chi connectivity index (χ1v) is 12.2. The lowest BCUT2D eigenvalue weighted by Gasteiger charge is -2.15. The van der Waals surface area contributed by atoms with Gasteiger partial charge in [-0.15, -0.1) is 0 Å². The highest BCUT2D eigenvalue weighted by molar-refractivity contribution is 5.78. The lowest BCUT2D eigenvalue weighted by Crippen LogP contribution is -2.18. The van der Waals surface area contributed by atoms with Gasteiger partial charge in [-0.1, -0.05) is 26.7 Å². The molecular weight excluding hydrogens is 428 g/mol. The van der Waals surface area contributed by atoms with E-state index in [1.807, 2.05) is 20.2 Å². The van der Waals surface area contributed by atoms with Crippen molar-refractivity contribution < 1.29 is 33.2 Å². The van der Waals surface area contributed by atoms with Gasteiger partial charge in [0.1, 0.15) is 5.78 Å². The molecule has 0 aliphatic carbocycles. The lowest BCUT2D eigenvalue weighted by atomic mass is 10.2. The molecule has 0 aliphatic heterocycles. The summed E-state index contributed by atoms with van der Waals surface area (Å²) in [6.45, 7) is 11.0. The number of hydrogen-bond donors (Lipinski definition) is 1. The number of carbonyl (C=O) groups excluding carboxylic acids is 1. The van der Waals surface area contributed by atoms with Gasteiger partial charge in [0.25, 0.3) is 0 Å². The van der Waals surface area contributed by atoms with Crippen molar-refractivity contribution in [3.63, 3.8) is 0 Å². The highest BCUT2D eigenvalue weighted by atomic mass is 16.6. The van der Waals surface area contributed by atoms with E-state index in [9.17, 15) is 4.79 Å². The van der Waals surface area contributed by atoms with Gasteiger partial charge in [-0.05, 0) is 6.42 Å². The van der Waals surface area contributed by atoms with Crippen LogP contribution in [0, 0.1) is 0 Å². The molecule has 9 heteroatoms. The van der Waals surface area contributed by atoms with Crippen LogP contribution in [0.3, 0.4) is 0 Å². The largest absolute Gasteiger partial charge is 0.399 e. The zero-order valence-corrected chi connectivity index (χ0v) is 21.2. The molecule has 0 saturated carbocycles. The molecule has 0 fully saturated rings. The maximum absolute atomic E-state index is 11.1. The first kappa shape index (κ1) is 31.8. The number of nitrogens with two attached hydrogens (primary N) is 1. The van der Waals surface area contributed by atoms with E-state index in [0.717, 1.165) is 12.2 Å². The molecule has 33 heavy (non-hydrogen) atoms. The zero-order valence-electron chi connectivity index (χ0n) is 21.2. The second kappa shape index (κ2) is 25.4. The van der Waals surface area contributed by atoms with Crippen molar-refractivity contribution >= 4 is 5.78 Å². The zero-order chi connectivity index (χ0) is 24.4. The first-order valence-electron chi connectivity index (χ1n) is 12.2. The number of nitrogens with zero attached hydrogens (tertiary/aromatic N) is 1. The molecule has 0 aromatic rings. The van der Waals surface area contributed by atoms with Gasteiger partial charge < -0.3 is 39.1 Å². The highest BCUT2D eigenvalue weighted by Crippen LogP contribution is 1.98. The third-order valence-electron chi connectivity index (χ3n) is 4.55. The number of ketones is 1. The maximum Gasteiger partial charge on any atom is 0.134 e. The summed E-state index contributed by atoms with van der Waals surface area (Å²) in [6.07, 6.45) is 6.60. The fourth-order valence-electron chi connectivity index (χ4n) is 2.65. The van der Waals surface area contributed by atoms with Crippen LogP contribution in [0.4, 0.5) is 0 Å². The van der Waals surface area contributed by atoms with Crippen LogP contribution in [0.15, 0.2) is 11.9 Å². The molecular formula is C24H48N2O7. The van der Waals surface area contributed by atoms with Gasteiger partial charge in [-0.2, -0.15) is 0 Å². The van der Waals surface area contributed by atoms with E-state index in [4.69, 9.17) is 34.2 Å². The smallest absolute Gasteiger partial charge is 0.134 e. The SMILES string of the molecule is CCCCCN(C)/C=C(\N)COCCOCCOCCOCCOCCOCCC(=O)CC. The molecule has 0 radical (unpaired) electrons. The van der Waals surface area contributed by atoms with Crippen molar-refractivity contribution in [1.82, 2.24) is 4.90 Å². The summed E-state index contributed by atoms with van der Waals surface area (Å²) in [5.41, 5.74) is 6.68. The van der Waals surface area contributed by atoms with Crippen LogP contribution in [0.25, 0.3) is 0 Å². The first-order chi connectivity index (χ1) is 16.1. The van der Waals surface area contributed by atoms with Crippen molar-refractivity contribution in [1.29, 1.82) is 0 Å². The molecule has 196 valence electrons. The Balaban J connectivity index is 3.24. The summed E-state index contributed by atoms with van der Waals surface area (Å²) in [7, 11) is 2.03. The Bertz CT molecular complexity index is 464.